The fraction of sp³-hybridized carbons (Fsp3) is 0. The molecule has 0 saturated carbocycles. The van der Waals surface area contributed by atoms with Crippen LogP contribution >= 0.6 is 27.5 Å². The quantitative estimate of drug-likeness (QED) is 0.797. The minimum absolute atomic E-state index is 0.280. The average molecular weight is 287 g/mol. The van der Waals surface area contributed by atoms with Crippen molar-refractivity contribution in [2.45, 2.75) is 0 Å². The summed E-state index contributed by atoms with van der Waals surface area (Å²) < 4.78 is 2.20. The molecule has 4 nitrogen and oxygen atoms in total. The minimum atomic E-state index is 0.280. The summed E-state index contributed by atoms with van der Waals surface area (Å²) in [5.74, 6) is 0. The van der Waals surface area contributed by atoms with Crippen molar-refractivity contribution in [3.05, 3.63) is 39.6 Å². The molecule has 6 heteroatoms. The van der Waals surface area contributed by atoms with Crippen molar-refractivity contribution in [3.8, 4) is 5.69 Å². The Labute approximate surface area is 99.0 Å². The molecular formula is C9H5BrClN3O. The van der Waals surface area contributed by atoms with E-state index < -0.39 is 0 Å². The van der Waals surface area contributed by atoms with Crippen LogP contribution in [-0.2, 0) is 0 Å². The molecule has 0 radical (unpaired) electrons. The number of aldehydes is 1. The van der Waals surface area contributed by atoms with Gasteiger partial charge in [-0.3, -0.25) is 4.79 Å². The molecule has 0 spiro atoms. The molecule has 15 heavy (non-hydrogen) atoms. The fourth-order valence-corrected chi connectivity index (χ4v) is 1.73. The number of hydrogen-bond donors (Lipinski definition) is 0. The lowest BCUT2D eigenvalue weighted by Crippen LogP contribution is -1.96. The second kappa shape index (κ2) is 4.12. The van der Waals surface area contributed by atoms with Gasteiger partial charge in [0.05, 0.1) is 21.4 Å². The van der Waals surface area contributed by atoms with Gasteiger partial charge in [0, 0.05) is 0 Å². The first-order chi connectivity index (χ1) is 7.22. The lowest BCUT2D eigenvalue weighted by atomic mass is 10.3. The summed E-state index contributed by atoms with van der Waals surface area (Å²) in [6, 6.07) is 5.37. The number of carbonyl (C=O) groups is 1. The second-order valence-electron chi connectivity index (χ2n) is 2.78. The van der Waals surface area contributed by atoms with Crippen molar-refractivity contribution < 1.29 is 4.79 Å². The molecule has 0 aliphatic rings. The summed E-state index contributed by atoms with van der Waals surface area (Å²) in [7, 11) is 0. The van der Waals surface area contributed by atoms with Crippen molar-refractivity contribution in [3.63, 3.8) is 0 Å². The number of benzene rings is 1. The summed E-state index contributed by atoms with van der Waals surface area (Å²) >= 11 is 9.27. The second-order valence-corrected chi connectivity index (χ2v) is 3.98. The van der Waals surface area contributed by atoms with Crippen LogP contribution < -0.4 is 0 Å². The van der Waals surface area contributed by atoms with E-state index in [0.29, 0.717) is 15.8 Å². The smallest absolute Gasteiger partial charge is 0.171 e. The van der Waals surface area contributed by atoms with Gasteiger partial charge in [-0.15, -0.1) is 5.10 Å². The Balaban J connectivity index is 2.53. The Bertz CT molecular complexity index is 512. The van der Waals surface area contributed by atoms with Crippen molar-refractivity contribution in [2.75, 3.05) is 0 Å². The van der Waals surface area contributed by atoms with Gasteiger partial charge in [0.15, 0.2) is 6.29 Å². The van der Waals surface area contributed by atoms with E-state index in [-0.39, 0.29) is 5.69 Å². The highest BCUT2D eigenvalue weighted by atomic mass is 79.9. The maximum atomic E-state index is 10.4. The number of rotatable bonds is 2. The van der Waals surface area contributed by atoms with Gasteiger partial charge >= 0.3 is 0 Å². The minimum Gasteiger partial charge on any atom is -0.296 e. The van der Waals surface area contributed by atoms with E-state index in [1.165, 1.54) is 10.9 Å². The Hall–Kier alpha value is -1.20. The van der Waals surface area contributed by atoms with Gasteiger partial charge in [-0.2, -0.15) is 0 Å². The molecule has 0 fully saturated rings. The fourth-order valence-electron chi connectivity index (χ4n) is 1.12. The third-order valence-corrected chi connectivity index (χ3v) is 3.19. The lowest BCUT2D eigenvalue weighted by Gasteiger charge is -2.03. The molecule has 0 bridgehead atoms. The van der Waals surface area contributed by atoms with Crippen LogP contribution in [0, 0.1) is 0 Å². The predicted molar refractivity (Wildman–Crippen MR) is 59.5 cm³/mol. The van der Waals surface area contributed by atoms with Gasteiger partial charge in [-0.25, -0.2) is 4.68 Å². The zero-order chi connectivity index (χ0) is 10.8. The van der Waals surface area contributed by atoms with Crippen LogP contribution in [0.1, 0.15) is 10.5 Å². The van der Waals surface area contributed by atoms with Crippen molar-refractivity contribution in [1.82, 2.24) is 15.0 Å². The topological polar surface area (TPSA) is 47.8 Å². The maximum absolute atomic E-state index is 10.4. The largest absolute Gasteiger partial charge is 0.296 e. The average Bonchev–Trinajstić information content (AvgIpc) is 2.70. The molecule has 0 aliphatic heterocycles. The van der Waals surface area contributed by atoms with E-state index >= 15 is 0 Å². The van der Waals surface area contributed by atoms with E-state index in [9.17, 15) is 4.79 Å². The first-order valence-electron chi connectivity index (χ1n) is 4.04. The molecule has 2 aromatic rings. The molecule has 2 rings (SSSR count). The predicted octanol–water partition coefficient (Wildman–Crippen LogP) is 2.50. The van der Waals surface area contributed by atoms with Crippen LogP contribution in [0.2, 0.25) is 5.02 Å². The summed E-state index contributed by atoms with van der Waals surface area (Å²) in [5.41, 5.74) is 1.02. The molecule has 0 aliphatic carbocycles. The molecular weight excluding hydrogens is 281 g/mol. The molecule has 1 heterocycles. The number of nitrogens with zero attached hydrogens (tertiary/aromatic N) is 3. The van der Waals surface area contributed by atoms with Crippen LogP contribution in [0.25, 0.3) is 5.69 Å². The van der Waals surface area contributed by atoms with Gasteiger partial charge in [-0.1, -0.05) is 22.9 Å². The van der Waals surface area contributed by atoms with Crippen molar-refractivity contribution in [1.29, 1.82) is 0 Å². The molecule has 0 atom stereocenters. The lowest BCUT2D eigenvalue weighted by molar-refractivity contribution is 0.111. The zero-order valence-electron chi connectivity index (χ0n) is 7.39. The van der Waals surface area contributed by atoms with Crippen LogP contribution in [-0.4, -0.2) is 21.3 Å². The molecule has 0 saturated heterocycles. The number of carbonyl (C=O) groups excluding carboxylic acids is 1. The van der Waals surface area contributed by atoms with Crippen LogP contribution in [0.15, 0.2) is 28.9 Å². The third kappa shape index (κ3) is 1.93. The SMILES string of the molecule is O=Cc1cn(-c2cccc(Cl)c2Br)nn1. The highest BCUT2D eigenvalue weighted by molar-refractivity contribution is 9.10. The van der Waals surface area contributed by atoms with Gasteiger partial charge in [0.25, 0.3) is 0 Å². The molecule has 0 amide bonds. The number of halogens is 2. The third-order valence-electron chi connectivity index (χ3n) is 1.81. The molecule has 1 aromatic heterocycles. The van der Waals surface area contributed by atoms with Crippen LogP contribution in [0.3, 0.4) is 0 Å². The van der Waals surface area contributed by atoms with Gasteiger partial charge in [-0.05, 0) is 28.1 Å². The van der Waals surface area contributed by atoms with Crippen molar-refractivity contribution >= 4 is 33.8 Å². The Morgan fingerprint density at radius 3 is 2.93 bits per heavy atom. The Morgan fingerprint density at radius 2 is 2.27 bits per heavy atom. The van der Waals surface area contributed by atoms with Crippen molar-refractivity contribution in [2.24, 2.45) is 0 Å². The summed E-state index contributed by atoms with van der Waals surface area (Å²) in [6.07, 6.45) is 2.17. The molecule has 1 aromatic carbocycles. The molecule has 76 valence electrons. The highest BCUT2D eigenvalue weighted by Crippen LogP contribution is 2.28. The highest BCUT2D eigenvalue weighted by Gasteiger charge is 2.07. The monoisotopic (exact) mass is 285 g/mol. The normalized spacial score (nSPS) is 10.3. The maximum Gasteiger partial charge on any atom is 0.171 e. The number of aromatic nitrogens is 3. The van der Waals surface area contributed by atoms with E-state index in [1.807, 2.05) is 6.07 Å². The van der Waals surface area contributed by atoms with Crippen LogP contribution in [0.4, 0.5) is 0 Å². The molecule has 0 N–H and O–H groups in total. The van der Waals surface area contributed by atoms with Gasteiger partial charge in [0.2, 0.25) is 0 Å². The van der Waals surface area contributed by atoms with E-state index in [0.717, 1.165) is 5.69 Å². The Morgan fingerprint density at radius 1 is 1.47 bits per heavy atom. The Kier molecular flexibility index (Phi) is 2.83. The van der Waals surface area contributed by atoms with Gasteiger partial charge in [0.1, 0.15) is 5.69 Å². The first kappa shape index (κ1) is 10.3. The van der Waals surface area contributed by atoms with E-state index in [2.05, 4.69) is 26.2 Å². The van der Waals surface area contributed by atoms with Gasteiger partial charge < -0.3 is 0 Å². The number of hydrogen-bond acceptors (Lipinski definition) is 3. The summed E-state index contributed by atoms with van der Waals surface area (Å²) in [5, 5.41) is 8.05. The summed E-state index contributed by atoms with van der Waals surface area (Å²) in [6.45, 7) is 0. The van der Waals surface area contributed by atoms with Crippen LogP contribution in [0.5, 0.6) is 0 Å². The molecule has 0 unspecified atom stereocenters. The van der Waals surface area contributed by atoms with E-state index in [4.69, 9.17) is 11.6 Å². The standard InChI is InChI=1S/C9H5BrClN3O/c10-9-7(11)2-1-3-8(9)14-4-6(5-15)12-13-14/h1-5H. The first-order valence-corrected chi connectivity index (χ1v) is 5.21. The zero-order valence-corrected chi connectivity index (χ0v) is 9.73. The summed E-state index contributed by atoms with van der Waals surface area (Å²) in [4.78, 5) is 10.4. The van der Waals surface area contributed by atoms with E-state index in [1.54, 1.807) is 12.1 Å².